The predicted octanol–water partition coefficient (Wildman–Crippen LogP) is 2.74. The van der Waals surface area contributed by atoms with Gasteiger partial charge in [0.1, 0.15) is 5.69 Å². The summed E-state index contributed by atoms with van der Waals surface area (Å²) in [5, 5.41) is 15.5. The summed E-state index contributed by atoms with van der Waals surface area (Å²) in [5.41, 5.74) is 16.0. The van der Waals surface area contributed by atoms with Crippen molar-refractivity contribution in [1.29, 1.82) is 0 Å². The van der Waals surface area contributed by atoms with E-state index in [1.54, 1.807) is 0 Å². The van der Waals surface area contributed by atoms with Gasteiger partial charge in [0.05, 0.1) is 17.4 Å². The molecule has 0 spiro atoms. The van der Waals surface area contributed by atoms with E-state index in [1.807, 2.05) is 24.4 Å². The maximum absolute atomic E-state index is 12.5. The molecule has 2 aromatic heterocycles. The highest BCUT2D eigenvalue weighted by Crippen LogP contribution is 2.27. The highest BCUT2D eigenvalue weighted by atomic mass is 16.1. The minimum atomic E-state index is -0.275. The average molecular weight is 443 g/mol. The summed E-state index contributed by atoms with van der Waals surface area (Å²) >= 11 is 0. The smallest absolute Gasteiger partial charge is 0.272 e. The molecule has 2 aromatic carbocycles. The van der Waals surface area contributed by atoms with Crippen LogP contribution in [0.5, 0.6) is 0 Å². The molecule has 0 radical (unpaired) electrons. The van der Waals surface area contributed by atoms with E-state index in [9.17, 15) is 4.79 Å². The number of nitrogens with one attached hydrogen (secondary N) is 4. The van der Waals surface area contributed by atoms with Crippen LogP contribution in [0.15, 0.2) is 72.8 Å². The number of aromatic amines is 2. The Bertz CT molecular complexity index is 1370. The van der Waals surface area contributed by atoms with Crippen LogP contribution in [0.1, 0.15) is 16.9 Å². The summed E-state index contributed by atoms with van der Waals surface area (Å²) in [6, 6.07) is 14.6. The van der Waals surface area contributed by atoms with Crippen molar-refractivity contribution in [2.75, 3.05) is 23.3 Å². The van der Waals surface area contributed by atoms with Gasteiger partial charge in [-0.3, -0.25) is 9.89 Å². The standard InChI is InChI=1S/C24H26N8O/c25-7-5-18(12-26)29-24(33)23-10-15-1-3-20(11-22(15)30-23)32-8-6-19(14-32)28-17-2-4-21-16(9-17)13-27-31-21/h1-5,7,9-13,19,28,30H,6,8,14,25-26H2,(H,27,31)(H,29,33)/b7-5-,18-12+. The molecule has 1 amide bonds. The summed E-state index contributed by atoms with van der Waals surface area (Å²) in [7, 11) is 0. The van der Waals surface area contributed by atoms with Crippen LogP contribution in [-0.2, 0) is 0 Å². The molecule has 9 heteroatoms. The van der Waals surface area contributed by atoms with Gasteiger partial charge in [-0.1, -0.05) is 6.07 Å². The molecule has 1 unspecified atom stereocenters. The first kappa shape index (κ1) is 20.5. The Morgan fingerprint density at radius 2 is 2.03 bits per heavy atom. The molecule has 5 rings (SSSR count). The fraction of sp³-hybridized carbons (Fsp3) is 0.167. The minimum absolute atomic E-state index is 0.275. The highest BCUT2D eigenvalue weighted by molar-refractivity contribution is 5.99. The lowest BCUT2D eigenvalue weighted by molar-refractivity contribution is 0.0963. The Hall–Kier alpha value is -4.40. The number of allylic oxidation sites excluding steroid dienone is 1. The third-order valence-electron chi connectivity index (χ3n) is 5.93. The van der Waals surface area contributed by atoms with Crippen molar-refractivity contribution in [2.45, 2.75) is 12.5 Å². The normalized spacial score (nSPS) is 16.8. The maximum atomic E-state index is 12.5. The number of fused-ring (bicyclic) bond motifs is 2. The zero-order valence-electron chi connectivity index (χ0n) is 18.0. The fourth-order valence-corrected chi connectivity index (χ4v) is 4.26. The van der Waals surface area contributed by atoms with Crippen LogP contribution in [0.3, 0.4) is 0 Å². The van der Waals surface area contributed by atoms with Crippen LogP contribution in [-0.4, -0.2) is 40.2 Å². The number of amides is 1. The number of aromatic nitrogens is 3. The SMILES string of the molecule is N/C=C\C(=C/N)NC(=O)c1cc2ccc(N3CCC(Nc4ccc5[nH]ncc5c4)C3)cc2[nH]1. The molecule has 8 N–H and O–H groups in total. The third-order valence-corrected chi connectivity index (χ3v) is 5.93. The number of hydrogen-bond acceptors (Lipinski definition) is 6. The molecule has 1 fully saturated rings. The Morgan fingerprint density at radius 3 is 2.88 bits per heavy atom. The van der Waals surface area contributed by atoms with E-state index >= 15 is 0 Å². The van der Waals surface area contributed by atoms with Crippen molar-refractivity contribution < 1.29 is 4.79 Å². The molecular formula is C24H26N8O. The highest BCUT2D eigenvalue weighted by Gasteiger charge is 2.23. The second-order valence-corrected chi connectivity index (χ2v) is 8.14. The molecule has 1 aliphatic rings. The number of H-pyrrole nitrogens is 2. The third kappa shape index (κ3) is 4.20. The molecule has 1 atom stereocenters. The Morgan fingerprint density at radius 1 is 1.12 bits per heavy atom. The lowest BCUT2D eigenvalue weighted by Gasteiger charge is -2.19. The number of carbonyl (C=O) groups is 1. The van der Waals surface area contributed by atoms with Crippen LogP contribution in [0, 0.1) is 0 Å². The van der Waals surface area contributed by atoms with Gasteiger partial charge in [-0.2, -0.15) is 5.10 Å². The largest absolute Gasteiger partial charge is 0.405 e. The van der Waals surface area contributed by atoms with Crippen LogP contribution in [0.2, 0.25) is 0 Å². The second-order valence-electron chi connectivity index (χ2n) is 8.14. The van der Waals surface area contributed by atoms with Crippen molar-refractivity contribution >= 4 is 39.1 Å². The van der Waals surface area contributed by atoms with Crippen LogP contribution < -0.4 is 27.0 Å². The number of benzene rings is 2. The summed E-state index contributed by atoms with van der Waals surface area (Å²) in [5.74, 6) is -0.275. The Kier molecular flexibility index (Phi) is 5.35. The molecular weight excluding hydrogens is 416 g/mol. The van der Waals surface area contributed by atoms with Gasteiger partial charge in [-0.15, -0.1) is 0 Å². The van der Waals surface area contributed by atoms with Crippen molar-refractivity contribution in [3.8, 4) is 0 Å². The van der Waals surface area contributed by atoms with Gasteiger partial charge in [0.15, 0.2) is 0 Å². The van der Waals surface area contributed by atoms with E-state index in [1.165, 1.54) is 18.5 Å². The molecule has 168 valence electrons. The van der Waals surface area contributed by atoms with Gasteiger partial charge in [0.2, 0.25) is 0 Å². The molecule has 9 nitrogen and oxygen atoms in total. The van der Waals surface area contributed by atoms with E-state index < -0.39 is 0 Å². The lowest BCUT2D eigenvalue weighted by Crippen LogP contribution is -2.25. The van der Waals surface area contributed by atoms with Gasteiger partial charge in [0.25, 0.3) is 5.91 Å². The molecule has 3 heterocycles. The van der Waals surface area contributed by atoms with Crippen molar-refractivity contribution in [3.05, 3.63) is 78.5 Å². The summed E-state index contributed by atoms with van der Waals surface area (Å²) in [4.78, 5) is 18.1. The first-order valence-corrected chi connectivity index (χ1v) is 10.8. The molecule has 33 heavy (non-hydrogen) atoms. The second kappa shape index (κ2) is 8.62. The topological polar surface area (TPSA) is 141 Å². The zero-order valence-corrected chi connectivity index (χ0v) is 18.0. The number of nitrogens with zero attached hydrogens (tertiary/aromatic N) is 2. The number of anilines is 2. The van der Waals surface area contributed by atoms with Crippen molar-refractivity contribution in [2.24, 2.45) is 11.5 Å². The predicted molar refractivity (Wildman–Crippen MR) is 132 cm³/mol. The van der Waals surface area contributed by atoms with Crippen LogP contribution in [0.25, 0.3) is 21.8 Å². The number of carbonyl (C=O) groups excluding carboxylic acids is 1. The molecule has 4 aromatic rings. The van der Waals surface area contributed by atoms with Gasteiger partial charge < -0.3 is 32.0 Å². The quantitative estimate of drug-likeness (QED) is 0.254. The van der Waals surface area contributed by atoms with Crippen LogP contribution >= 0.6 is 0 Å². The van der Waals surface area contributed by atoms with E-state index in [0.29, 0.717) is 17.4 Å². The van der Waals surface area contributed by atoms with Gasteiger partial charge in [0, 0.05) is 53.0 Å². The Balaban J connectivity index is 1.27. The summed E-state index contributed by atoms with van der Waals surface area (Å²) in [6.07, 6.45) is 7.04. The monoisotopic (exact) mass is 442 g/mol. The molecule has 0 bridgehead atoms. The summed E-state index contributed by atoms with van der Waals surface area (Å²) < 4.78 is 0. The van der Waals surface area contributed by atoms with E-state index in [0.717, 1.165) is 52.7 Å². The molecule has 1 aliphatic heterocycles. The summed E-state index contributed by atoms with van der Waals surface area (Å²) in [6.45, 7) is 1.86. The van der Waals surface area contributed by atoms with Gasteiger partial charge in [-0.25, -0.2) is 0 Å². The molecule has 0 aliphatic carbocycles. The van der Waals surface area contributed by atoms with E-state index in [-0.39, 0.29) is 5.91 Å². The van der Waals surface area contributed by atoms with E-state index in [4.69, 9.17) is 11.5 Å². The van der Waals surface area contributed by atoms with E-state index in [2.05, 4.69) is 55.0 Å². The van der Waals surface area contributed by atoms with Crippen LogP contribution in [0.4, 0.5) is 11.4 Å². The first-order valence-electron chi connectivity index (χ1n) is 10.8. The average Bonchev–Trinajstić information content (AvgIpc) is 3.57. The van der Waals surface area contributed by atoms with Gasteiger partial charge >= 0.3 is 0 Å². The van der Waals surface area contributed by atoms with Gasteiger partial charge in [-0.05, 0) is 55.1 Å². The Labute approximate surface area is 190 Å². The van der Waals surface area contributed by atoms with Crippen molar-refractivity contribution in [3.63, 3.8) is 0 Å². The molecule has 0 saturated carbocycles. The fourth-order valence-electron chi connectivity index (χ4n) is 4.26. The number of rotatable bonds is 6. The maximum Gasteiger partial charge on any atom is 0.272 e. The zero-order chi connectivity index (χ0) is 22.8. The number of hydrogen-bond donors (Lipinski definition) is 6. The lowest BCUT2D eigenvalue weighted by atomic mass is 10.2. The molecule has 1 saturated heterocycles. The van der Waals surface area contributed by atoms with Crippen molar-refractivity contribution in [1.82, 2.24) is 20.5 Å². The minimum Gasteiger partial charge on any atom is -0.405 e. The number of nitrogens with two attached hydrogens (primary N) is 2. The first-order chi connectivity index (χ1) is 16.1.